The molecular formula is C15H13NO2. The fourth-order valence-corrected chi connectivity index (χ4v) is 1.93. The molecule has 0 atom stereocenters. The number of phenolic OH excluding ortho intramolecular Hbond substituents is 2. The maximum absolute atomic E-state index is 9.28. The highest BCUT2D eigenvalue weighted by molar-refractivity contribution is 5.38. The van der Waals surface area contributed by atoms with Gasteiger partial charge in [-0.25, -0.2) is 0 Å². The van der Waals surface area contributed by atoms with Crippen molar-refractivity contribution in [3.05, 3.63) is 59.7 Å². The normalized spacial score (nSPS) is 10.2. The lowest BCUT2D eigenvalue weighted by Crippen LogP contribution is -1.99. The van der Waals surface area contributed by atoms with Crippen LogP contribution >= 0.6 is 0 Å². The number of aromatic hydroxyl groups is 2. The van der Waals surface area contributed by atoms with E-state index in [1.165, 1.54) is 0 Å². The van der Waals surface area contributed by atoms with Crippen molar-refractivity contribution in [3.63, 3.8) is 0 Å². The number of phenols is 2. The summed E-state index contributed by atoms with van der Waals surface area (Å²) >= 11 is 0. The van der Waals surface area contributed by atoms with Gasteiger partial charge >= 0.3 is 0 Å². The third-order valence-electron chi connectivity index (χ3n) is 2.89. The molecule has 0 saturated carbocycles. The summed E-state index contributed by atoms with van der Waals surface area (Å²) in [6, 6.07) is 15.9. The van der Waals surface area contributed by atoms with Crippen LogP contribution in [0.3, 0.4) is 0 Å². The zero-order valence-corrected chi connectivity index (χ0v) is 9.74. The molecule has 2 rings (SSSR count). The van der Waals surface area contributed by atoms with Gasteiger partial charge in [0, 0.05) is 12.3 Å². The molecule has 0 spiro atoms. The van der Waals surface area contributed by atoms with Crippen LogP contribution < -0.4 is 0 Å². The Bertz CT molecular complexity index is 507. The van der Waals surface area contributed by atoms with Crippen molar-refractivity contribution in [2.75, 3.05) is 0 Å². The monoisotopic (exact) mass is 239 g/mol. The van der Waals surface area contributed by atoms with Gasteiger partial charge in [-0.15, -0.1) is 0 Å². The van der Waals surface area contributed by atoms with Gasteiger partial charge in [-0.2, -0.15) is 5.26 Å². The second kappa shape index (κ2) is 5.24. The molecule has 0 aliphatic carbocycles. The SMILES string of the molecule is N#CCC(c1ccc(O)cc1)c1ccc(O)cc1. The van der Waals surface area contributed by atoms with E-state index in [9.17, 15) is 10.2 Å². The fraction of sp³-hybridized carbons (Fsp3) is 0.133. The standard InChI is InChI=1S/C15H13NO2/c16-10-9-15(11-1-5-13(17)6-2-11)12-3-7-14(18)8-4-12/h1-8,15,17-18H,9H2. The number of hydrogen-bond acceptors (Lipinski definition) is 3. The number of nitrogens with zero attached hydrogens (tertiary/aromatic N) is 1. The Hall–Kier alpha value is -2.47. The minimum absolute atomic E-state index is 0.0452. The molecule has 2 aromatic rings. The van der Waals surface area contributed by atoms with Crippen LogP contribution in [0.5, 0.6) is 11.5 Å². The summed E-state index contributed by atoms with van der Waals surface area (Å²) in [5.74, 6) is 0.372. The van der Waals surface area contributed by atoms with Gasteiger partial charge < -0.3 is 10.2 Å². The van der Waals surface area contributed by atoms with Crippen LogP contribution in [-0.2, 0) is 0 Å². The Morgan fingerprint density at radius 2 is 1.22 bits per heavy atom. The molecule has 0 aliphatic heterocycles. The molecule has 90 valence electrons. The third kappa shape index (κ3) is 2.61. The summed E-state index contributed by atoms with van der Waals surface area (Å²) in [4.78, 5) is 0. The average molecular weight is 239 g/mol. The van der Waals surface area contributed by atoms with Gasteiger partial charge in [0.15, 0.2) is 0 Å². The summed E-state index contributed by atoms with van der Waals surface area (Å²) in [7, 11) is 0. The first-order valence-electron chi connectivity index (χ1n) is 5.65. The number of benzene rings is 2. The molecule has 2 aromatic carbocycles. The first-order chi connectivity index (χ1) is 8.70. The van der Waals surface area contributed by atoms with Crippen molar-refractivity contribution in [1.82, 2.24) is 0 Å². The van der Waals surface area contributed by atoms with E-state index in [0.717, 1.165) is 11.1 Å². The molecular weight excluding hydrogens is 226 g/mol. The van der Waals surface area contributed by atoms with Crippen molar-refractivity contribution in [3.8, 4) is 17.6 Å². The molecule has 0 fully saturated rings. The van der Waals surface area contributed by atoms with Crippen LogP contribution in [0, 0.1) is 11.3 Å². The van der Waals surface area contributed by atoms with Gasteiger partial charge in [-0.05, 0) is 35.4 Å². The van der Waals surface area contributed by atoms with E-state index in [4.69, 9.17) is 5.26 Å². The zero-order valence-electron chi connectivity index (χ0n) is 9.74. The van der Waals surface area contributed by atoms with E-state index in [-0.39, 0.29) is 17.4 Å². The highest BCUT2D eigenvalue weighted by atomic mass is 16.3. The minimum atomic E-state index is -0.0452. The van der Waals surface area contributed by atoms with Crippen molar-refractivity contribution in [1.29, 1.82) is 5.26 Å². The molecule has 0 radical (unpaired) electrons. The largest absolute Gasteiger partial charge is 0.508 e. The van der Waals surface area contributed by atoms with E-state index in [1.54, 1.807) is 24.3 Å². The van der Waals surface area contributed by atoms with Crippen LogP contribution in [0.2, 0.25) is 0 Å². The van der Waals surface area contributed by atoms with Crippen LogP contribution in [0.1, 0.15) is 23.5 Å². The molecule has 0 saturated heterocycles. The second-order valence-corrected chi connectivity index (χ2v) is 4.10. The van der Waals surface area contributed by atoms with Gasteiger partial charge in [0.1, 0.15) is 11.5 Å². The Morgan fingerprint density at radius 1 is 0.833 bits per heavy atom. The van der Waals surface area contributed by atoms with Gasteiger partial charge in [-0.3, -0.25) is 0 Å². The Morgan fingerprint density at radius 3 is 1.56 bits per heavy atom. The topological polar surface area (TPSA) is 64.2 Å². The molecule has 0 bridgehead atoms. The fourth-order valence-electron chi connectivity index (χ4n) is 1.93. The molecule has 3 heteroatoms. The molecule has 18 heavy (non-hydrogen) atoms. The smallest absolute Gasteiger partial charge is 0.115 e. The van der Waals surface area contributed by atoms with E-state index in [1.807, 2.05) is 24.3 Å². The predicted octanol–water partition coefficient (Wildman–Crippen LogP) is 3.14. The first-order valence-corrected chi connectivity index (χ1v) is 5.65. The van der Waals surface area contributed by atoms with Gasteiger partial charge in [-0.1, -0.05) is 24.3 Å². The van der Waals surface area contributed by atoms with E-state index in [2.05, 4.69) is 6.07 Å². The van der Waals surface area contributed by atoms with Crippen LogP contribution in [-0.4, -0.2) is 10.2 Å². The molecule has 0 aliphatic rings. The van der Waals surface area contributed by atoms with Crippen LogP contribution in [0.15, 0.2) is 48.5 Å². The summed E-state index contributed by atoms with van der Waals surface area (Å²) in [5.41, 5.74) is 1.94. The van der Waals surface area contributed by atoms with Crippen molar-refractivity contribution in [2.24, 2.45) is 0 Å². The lowest BCUT2D eigenvalue weighted by Gasteiger charge is -2.14. The summed E-state index contributed by atoms with van der Waals surface area (Å²) in [5, 5.41) is 27.5. The minimum Gasteiger partial charge on any atom is -0.508 e. The highest BCUT2D eigenvalue weighted by Crippen LogP contribution is 2.29. The Labute approximate surface area is 106 Å². The quantitative estimate of drug-likeness (QED) is 0.864. The predicted molar refractivity (Wildman–Crippen MR) is 68.3 cm³/mol. The van der Waals surface area contributed by atoms with Crippen LogP contribution in [0.25, 0.3) is 0 Å². The molecule has 0 heterocycles. The molecule has 0 aromatic heterocycles. The van der Waals surface area contributed by atoms with Crippen molar-refractivity contribution in [2.45, 2.75) is 12.3 Å². The molecule has 2 N–H and O–H groups in total. The number of rotatable bonds is 3. The Kier molecular flexibility index (Phi) is 3.49. The van der Waals surface area contributed by atoms with Gasteiger partial charge in [0.25, 0.3) is 0 Å². The maximum atomic E-state index is 9.28. The first kappa shape index (κ1) is 12.0. The number of nitriles is 1. The van der Waals surface area contributed by atoms with Gasteiger partial charge in [0.2, 0.25) is 0 Å². The van der Waals surface area contributed by atoms with Gasteiger partial charge in [0.05, 0.1) is 6.07 Å². The Balaban J connectivity index is 2.36. The van der Waals surface area contributed by atoms with Crippen molar-refractivity contribution >= 4 is 0 Å². The average Bonchev–Trinajstić information content (AvgIpc) is 2.39. The highest BCUT2D eigenvalue weighted by Gasteiger charge is 2.13. The van der Waals surface area contributed by atoms with Crippen LogP contribution in [0.4, 0.5) is 0 Å². The summed E-state index contributed by atoms with van der Waals surface area (Å²) in [6.07, 6.45) is 0.357. The summed E-state index contributed by atoms with van der Waals surface area (Å²) in [6.45, 7) is 0. The summed E-state index contributed by atoms with van der Waals surface area (Å²) < 4.78 is 0. The second-order valence-electron chi connectivity index (χ2n) is 4.10. The molecule has 3 nitrogen and oxygen atoms in total. The number of hydrogen-bond donors (Lipinski definition) is 2. The van der Waals surface area contributed by atoms with E-state index in [0.29, 0.717) is 6.42 Å². The molecule has 0 unspecified atom stereocenters. The molecule has 0 amide bonds. The maximum Gasteiger partial charge on any atom is 0.115 e. The van der Waals surface area contributed by atoms with E-state index < -0.39 is 0 Å². The zero-order chi connectivity index (χ0) is 13.0. The van der Waals surface area contributed by atoms with Crippen molar-refractivity contribution < 1.29 is 10.2 Å². The van der Waals surface area contributed by atoms with E-state index >= 15 is 0 Å². The third-order valence-corrected chi connectivity index (χ3v) is 2.89. The lowest BCUT2D eigenvalue weighted by molar-refractivity contribution is 0.475. The lowest BCUT2D eigenvalue weighted by atomic mass is 9.89.